The van der Waals surface area contributed by atoms with E-state index in [2.05, 4.69) is 44.7 Å². The van der Waals surface area contributed by atoms with Crippen LogP contribution in [-0.2, 0) is 13.5 Å². The first kappa shape index (κ1) is 15.9. The fourth-order valence-electron chi connectivity index (χ4n) is 3.74. The van der Waals surface area contributed by atoms with Crippen LogP contribution in [0.25, 0.3) is 5.32 Å². The molecule has 1 aliphatic heterocycles. The molecule has 0 aliphatic carbocycles. The molecule has 0 amide bonds. The van der Waals surface area contributed by atoms with Crippen LogP contribution in [-0.4, -0.2) is 22.9 Å². The van der Waals surface area contributed by atoms with Crippen molar-refractivity contribution in [2.24, 2.45) is 7.05 Å². The minimum absolute atomic E-state index is 0.870. The van der Waals surface area contributed by atoms with Gasteiger partial charge < -0.3 is 14.9 Å². The van der Waals surface area contributed by atoms with Gasteiger partial charge in [0.1, 0.15) is 5.82 Å². The first-order chi connectivity index (χ1) is 11.0. The van der Waals surface area contributed by atoms with Crippen LogP contribution >= 0.6 is 0 Å². The van der Waals surface area contributed by atoms with Gasteiger partial charge in [-0.2, -0.15) is 0 Å². The molecule has 0 atom stereocenters. The molecule has 124 valence electrons. The lowest BCUT2D eigenvalue weighted by Crippen LogP contribution is -2.26. The van der Waals surface area contributed by atoms with Crippen LogP contribution in [0.5, 0.6) is 0 Å². The summed E-state index contributed by atoms with van der Waals surface area (Å²) in [7, 11) is 2.01. The van der Waals surface area contributed by atoms with Crippen molar-refractivity contribution in [1.82, 2.24) is 9.78 Å². The third-order valence-corrected chi connectivity index (χ3v) is 4.55. The molecule has 0 N–H and O–H groups in total. The fraction of sp³-hybridized carbons (Fsp3) is 0.526. The molecule has 0 radical (unpaired) electrons. The Kier molecular flexibility index (Phi) is 4.33. The van der Waals surface area contributed by atoms with Gasteiger partial charge in [-0.15, -0.1) is 0 Å². The molecule has 2 aromatic rings. The van der Waals surface area contributed by atoms with Crippen LogP contribution in [0.4, 0.5) is 17.3 Å². The van der Waals surface area contributed by atoms with E-state index in [1.54, 1.807) is 0 Å². The van der Waals surface area contributed by atoms with E-state index in [1.165, 1.54) is 27.9 Å². The molecule has 0 saturated heterocycles. The highest BCUT2D eigenvalue weighted by atomic mass is 15.4. The summed E-state index contributed by atoms with van der Waals surface area (Å²) in [5.41, 5.74) is 6.60. The number of fused-ring (bicyclic) bond motifs is 1. The number of anilines is 2. The van der Waals surface area contributed by atoms with Gasteiger partial charge >= 0.3 is 0 Å². The summed E-state index contributed by atoms with van der Waals surface area (Å²) in [5, 5.41) is 9.57. The van der Waals surface area contributed by atoms with Gasteiger partial charge in [0, 0.05) is 12.2 Å². The molecule has 1 aromatic carbocycles. The summed E-state index contributed by atoms with van der Waals surface area (Å²) in [4.78, 5) is 2.40. The Morgan fingerprint density at radius 1 is 1.17 bits per heavy atom. The zero-order valence-electron chi connectivity index (χ0n) is 15.0. The highest BCUT2D eigenvalue weighted by molar-refractivity contribution is 5.74. The molecule has 1 aromatic heterocycles. The van der Waals surface area contributed by atoms with Crippen molar-refractivity contribution in [3.63, 3.8) is 0 Å². The predicted molar refractivity (Wildman–Crippen MR) is 97.4 cm³/mol. The van der Waals surface area contributed by atoms with Crippen LogP contribution in [0.15, 0.2) is 12.1 Å². The van der Waals surface area contributed by atoms with Gasteiger partial charge in [0.05, 0.1) is 0 Å². The van der Waals surface area contributed by atoms with Crippen LogP contribution in [0.2, 0.25) is 0 Å². The Balaban J connectivity index is 2.06. The summed E-state index contributed by atoms with van der Waals surface area (Å²) in [6.07, 6.45) is 3.30. The van der Waals surface area contributed by atoms with Crippen LogP contribution < -0.4 is 4.90 Å². The first-order valence-electron chi connectivity index (χ1n) is 8.61. The van der Waals surface area contributed by atoms with Crippen molar-refractivity contribution in [2.45, 2.75) is 47.0 Å². The Bertz CT molecular complexity index is 691. The number of nitrogens with zero attached hydrogens (tertiary/aromatic N) is 4. The second-order valence-corrected chi connectivity index (χ2v) is 6.63. The van der Waals surface area contributed by atoms with E-state index in [0.29, 0.717) is 0 Å². The lowest BCUT2D eigenvalue weighted by atomic mass is 10.0. The van der Waals surface area contributed by atoms with E-state index < -0.39 is 0 Å². The number of aromatic nitrogens is 2. The van der Waals surface area contributed by atoms with Crippen LogP contribution in [0.1, 0.15) is 42.0 Å². The molecule has 4 nitrogen and oxygen atoms in total. The largest absolute Gasteiger partial charge is 0.464 e. The minimum atomic E-state index is 0.870. The van der Waals surface area contributed by atoms with Gasteiger partial charge in [0.15, 0.2) is 0 Å². The lowest BCUT2D eigenvalue weighted by molar-refractivity contribution is 0.741. The Labute approximate surface area is 139 Å². The topological polar surface area (TPSA) is 35.2 Å². The molecule has 0 unspecified atom stereocenters. The van der Waals surface area contributed by atoms with Crippen molar-refractivity contribution < 1.29 is 0 Å². The Hall–Kier alpha value is -1.97. The Morgan fingerprint density at radius 2 is 1.87 bits per heavy atom. The normalized spacial score (nSPS) is 14.0. The second kappa shape index (κ2) is 6.26. The van der Waals surface area contributed by atoms with Gasteiger partial charge in [0.25, 0.3) is 0 Å². The van der Waals surface area contributed by atoms with E-state index in [0.717, 1.165) is 44.0 Å². The maximum atomic E-state index is 4.82. The molecule has 4 heteroatoms. The van der Waals surface area contributed by atoms with Crippen LogP contribution in [0, 0.1) is 20.8 Å². The smallest absolute Gasteiger partial charge is 0.135 e. The fourth-order valence-corrected chi connectivity index (χ4v) is 3.74. The second-order valence-electron chi connectivity index (χ2n) is 6.63. The van der Waals surface area contributed by atoms with E-state index in [-0.39, 0.29) is 0 Å². The highest BCUT2D eigenvalue weighted by Gasteiger charge is 2.24. The number of rotatable bonds is 4. The third-order valence-electron chi connectivity index (χ3n) is 4.55. The average molecular weight is 311 g/mol. The van der Waals surface area contributed by atoms with Gasteiger partial charge in [-0.25, -0.2) is 5.10 Å². The van der Waals surface area contributed by atoms with Gasteiger partial charge in [-0.05, 0) is 63.2 Å². The Morgan fingerprint density at radius 3 is 2.52 bits per heavy atom. The SMILES string of the molecule is CCC[N-]c1c2c(nn1C)N(c1c(C)cc(C)cc1C)CCC2. The van der Waals surface area contributed by atoms with E-state index in [9.17, 15) is 0 Å². The molecule has 2 heterocycles. The molecular weight excluding hydrogens is 284 g/mol. The third kappa shape index (κ3) is 2.82. The van der Waals surface area contributed by atoms with Crippen molar-refractivity contribution >= 4 is 17.3 Å². The first-order valence-corrected chi connectivity index (χ1v) is 8.61. The summed E-state index contributed by atoms with van der Waals surface area (Å²) < 4.78 is 1.96. The number of aryl methyl sites for hydroxylation is 4. The summed E-state index contributed by atoms with van der Waals surface area (Å²) in [6, 6.07) is 4.53. The van der Waals surface area contributed by atoms with E-state index >= 15 is 0 Å². The maximum Gasteiger partial charge on any atom is 0.135 e. The lowest BCUT2D eigenvalue weighted by Gasteiger charge is -2.32. The molecule has 0 spiro atoms. The monoisotopic (exact) mass is 311 g/mol. The van der Waals surface area contributed by atoms with Crippen molar-refractivity contribution in [1.29, 1.82) is 0 Å². The maximum absolute atomic E-state index is 4.82. The molecule has 3 rings (SSSR count). The summed E-state index contributed by atoms with van der Waals surface area (Å²) >= 11 is 0. The summed E-state index contributed by atoms with van der Waals surface area (Å²) in [6.45, 7) is 10.6. The van der Waals surface area contributed by atoms with Gasteiger partial charge in [-0.1, -0.05) is 37.6 Å². The van der Waals surface area contributed by atoms with Crippen LogP contribution in [0.3, 0.4) is 0 Å². The van der Waals surface area contributed by atoms with E-state index in [4.69, 9.17) is 10.4 Å². The zero-order chi connectivity index (χ0) is 16.6. The van der Waals surface area contributed by atoms with Crippen molar-refractivity contribution in [3.8, 4) is 0 Å². The average Bonchev–Trinajstić information content (AvgIpc) is 2.80. The standard InChI is InChI=1S/C19H27N4/c1-6-9-20-18-16-8-7-10-23(19(16)21-22(18)5)17-14(3)11-13(2)12-15(17)4/h11-12H,6-10H2,1-5H3/q-1. The highest BCUT2D eigenvalue weighted by Crippen LogP contribution is 2.41. The molecule has 23 heavy (non-hydrogen) atoms. The number of hydrogen-bond donors (Lipinski definition) is 0. The summed E-state index contributed by atoms with van der Waals surface area (Å²) in [5.74, 6) is 2.16. The molecule has 0 bridgehead atoms. The zero-order valence-corrected chi connectivity index (χ0v) is 15.0. The van der Waals surface area contributed by atoms with Crippen molar-refractivity contribution in [2.75, 3.05) is 18.0 Å². The molecule has 0 saturated carbocycles. The number of benzene rings is 1. The number of hydrogen-bond acceptors (Lipinski definition) is 2. The van der Waals surface area contributed by atoms with E-state index in [1.807, 2.05) is 11.7 Å². The quantitative estimate of drug-likeness (QED) is 0.809. The molecular formula is C19H27N4-. The van der Waals surface area contributed by atoms with Gasteiger partial charge in [0.2, 0.25) is 0 Å². The predicted octanol–water partition coefficient (Wildman–Crippen LogP) is 4.84. The molecule has 1 aliphatic rings. The molecule has 0 fully saturated rings. The minimum Gasteiger partial charge on any atom is -0.464 e. The van der Waals surface area contributed by atoms with Gasteiger partial charge in [-0.3, -0.25) is 0 Å². The van der Waals surface area contributed by atoms with Crippen molar-refractivity contribution in [3.05, 3.63) is 39.7 Å².